The lowest BCUT2D eigenvalue weighted by Gasteiger charge is -2.19. The molecule has 0 radical (unpaired) electrons. The predicted molar refractivity (Wildman–Crippen MR) is 101 cm³/mol. The molecular weight excluding hydrogens is 312 g/mol. The minimum absolute atomic E-state index is 0.0429. The highest BCUT2D eigenvalue weighted by molar-refractivity contribution is 6.04. The normalized spacial score (nSPS) is 12.2. The van der Waals surface area contributed by atoms with Gasteiger partial charge in [-0.05, 0) is 35.6 Å². The van der Waals surface area contributed by atoms with Crippen molar-refractivity contribution in [2.75, 3.05) is 0 Å². The van der Waals surface area contributed by atoms with Gasteiger partial charge in [-0.3, -0.25) is 4.79 Å². The summed E-state index contributed by atoms with van der Waals surface area (Å²) in [7, 11) is 0. The molecule has 0 bridgehead atoms. The Balaban J connectivity index is 1.95. The summed E-state index contributed by atoms with van der Waals surface area (Å²) in [5, 5.41) is 1.44. The summed E-state index contributed by atoms with van der Waals surface area (Å²) < 4.78 is 11.7. The van der Waals surface area contributed by atoms with E-state index in [2.05, 4.69) is 32.9 Å². The number of benzene rings is 2. The van der Waals surface area contributed by atoms with Gasteiger partial charge >= 0.3 is 0 Å². The van der Waals surface area contributed by atoms with Gasteiger partial charge in [0.25, 0.3) is 0 Å². The first-order chi connectivity index (χ1) is 11.8. The van der Waals surface area contributed by atoms with Gasteiger partial charge in [-0.1, -0.05) is 45.0 Å². The Kier molecular flexibility index (Phi) is 3.36. The Hall–Kier alpha value is -2.81. The fourth-order valence-corrected chi connectivity index (χ4v) is 3.16. The molecule has 2 aromatic carbocycles. The Bertz CT molecular complexity index is 1140. The minimum atomic E-state index is -0.0429. The van der Waals surface area contributed by atoms with Crippen LogP contribution in [0.3, 0.4) is 0 Å². The molecule has 0 unspecified atom stereocenters. The molecule has 0 fully saturated rings. The summed E-state index contributed by atoms with van der Waals surface area (Å²) in [6.07, 6.45) is 1.69. The van der Waals surface area contributed by atoms with E-state index >= 15 is 0 Å². The first-order valence-corrected chi connectivity index (χ1v) is 8.40. The van der Waals surface area contributed by atoms with Gasteiger partial charge in [0.05, 0.1) is 17.0 Å². The average Bonchev–Trinajstić information content (AvgIpc) is 2.96. The van der Waals surface area contributed by atoms with E-state index in [9.17, 15) is 4.79 Å². The van der Waals surface area contributed by atoms with E-state index in [1.54, 1.807) is 18.4 Å². The molecule has 0 aliphatic rings. The van der Waals surface area contributed by atoms with E-state index < -0.39 is 0 Å². The van der Waals surface area contributed by atoms with Gasteiger partial charge in [0, 0.05) is 11.6 Å². The third-order valence-electron chi connectivity index (χ3n) is 4.65. The molecule has 0 amide bonds. The highest BCUT2D eigenvalue weighted by Gasteiger charge is 2.16. The Morgan fingerprint density at radius 3 is 2.36 bits per heavy atom. The lowest BCUT2D eigenvalue weighted by atomic mass is 9.86. The van der Waals surface area contributed by atoms with Crippen molar-refractivity contribution in [3.63, 3.8) is 0 Å². The minimum Gasteiger partial charge on any atom is -0.464 e. The second-order valence-corrected chi connectivity index (χ2v) is 7.54. The second-order valence-electron chi connectivity index (χ2n) is 7.54. The average molecular weight is 332 g/mol. The van der Waals surface area contributed by atoms with Crippen LogP contribution < -0.4 is 5.43 Å². The van der Waals surface area contributed by atoms with Crippen molar-refractivity contribution in [3.05, 3.63) is 70.1 Å². The molecule has 0 aliphatic carbocycles. The van der Waals surface area contributed by atoms with Crippen molar-refractivity contribution < 1.29 is 8.83 Å². The van der Waals surface area contributed by atoms with E-state index in [0.717, 1.165) is 22.1 Å². The van der Waals surface area contributed by atoms with E-state index in [1.165, 1.54) is 5.56 Å². The largest absolute Gasteiger partial charge is 0.464 e. The molecule has 0 spiro atoms. The van der Waals surface area contributed by atoms with Crippen molar-refractivity contribution in [1.29, 1.82) is 0 Å². The molecule has 0 atom stereocenters. The molecule has 0 aliphatic heterocycles. The summed E-state index contributed by atoms with van der Waals surface area (Å²) >= 11 is 0. The molecule has 0 N–H and O–H groups in total. The maximum Gasteiger partial charge on any atom is 0.193 e. The molecule has 4 aromatic rings. The van der Waals surface area contributed by atoms with Crippen molar-refractivity contribution in [1.82, 2.24) is 0 Å². The van der Waals surface area contributed by atoms with Gasteiger partial charge in [-0.25, -0.2) is 0 Å². The first-order valence-electron chi connectivity index (χ1n) is 8.40. The summed E-state index contributed by atoms with van der Waals surface area (Å²) in [6.45, 7) is 8.49. The molecule has 0 saturated carbocycles. The maximum atomic E-state index is 12.6. The van der Waals surface area contributed by atoms with Gasteiger partial charge in [-0.2, -0.15) is 0 Å². The lowest BCUT2D eigenvalue weighted by Crippen LogP contribution is -2.10. The SMILES string of the molecule is Cc1coc2ccc3c(=O)cc(-c4ccc(C(C)(C)C)cc4)oc3c12. The maximum absolute atomic E-state index is 12.6. The quantitative estimate of drug-likeness (QED) is 0.441. The van der Waals surface area contributed by atoms with Crippen molar-refractivity contribution in [2.24, 2.45) is 0 Å². The topological polar surface area (TPSA) is 43.4 Å². The zero-order valence-electron chi connectivity index (χ0n) is 14.8. The first kappa shape index (κ1) is 15.7. The van der Waals surface area contributed by atoms with E-state index in [4.69, 9.17) is 8.83 Å². The van der Waals surface area contributed by atoms with Crippen molar-refractivity contribution in [2.45, 2.75) is 33.1 Å². The van der Waals surface area contributed by atoms with Gasteiger partial charge in [0.2, 0.25) is 0 Å². The molecule has 25 heavy (non-hydrogen) atoms. The zero-order chi connectivity index (χ0) is 17.8. The molecule has 2 heterocycles. The smallest absolute Gasteiger partial charge is 0.193 e. The van der Waals surface area contributed by atoms with Gasteiger partial charge in [0.1, 0.15) is 16.9 Å². The number of fused-ring (bicyclic) bond motifs is 3. The van der Waals surface area contributed by atoms with E-state index in [-0.39, 0.29) is 10.8 Å². The van der Waals surface area contributed by atoms with Crippen molar-refractivity contribution >= 4 is 21.9 Å². The van der Waals surface area contributed by atoms with Crippen LogP contribution in [0.1, 0.15) is 31.9 Å². The molecule has 3 heteroatoms. The molecule has 2 aromatic heterocycles. The van der Waals surface area contributed by atoms with Gasteiger partial charge in [0.15, 0.2) is 5.43 Å². The van der Waals surface area contributed by atoms with Crippen LogP contribution >= 0.6 is 0 Å². The van der Waals surface area contributed by atoms with Gasteiger partial charge in [-0.15, -0.1) is 0 Å². The summed E-state index contributed by atoms with van der Waals surface area (Å²) in [5.74, 6) is 0.575. The number of furan rings is 1. The van der Waals surface area contributed by atoms with E-state index in [1.807, 2.05) is 25.1 Å². The third-order valence-corrected chi connectivity index (χ3v) is 4.65. The van der Waals surface area contributed by atoms with Crippen molar-refractivity contribution in [3.8, 4) is 11.3 Å². The highest BCUT2D eigenvalue weighted by atomic mass is 16.3. The summed E-state index contributed by atoms with van der Waals surface area (Å²) in [5.41, 5.74) is 4.46. The van der Waals surface area contributed by atoms with Crippen LogP contribution in [-0.2, 0) is 5.41 Å². The fraction of sp³-hybridized carbons (Fsp3) is 0.227. The van der Waals surface area contributed by atoms with Crippen LogP contribution in [0.2, 0.25) is 0 Å². The van der Waals surface area contributed by atoms with Crippen LogP contribution in [0, 0.1) is 6.92 Å². The number of hydrogen-bond acceptors (Lipinski definition) is 3. The predicted octanol–water partition coefficient (Wildman–Crippen LogP) is 5.81. The standard InChI is InChI=1S/C22H20O3/c1-13-12-24-18-10-9-16-17(23)11-19(25-21(16)20(13)18)14-5-7-15(8-6-14)22(2,3)4/h5-12H,1-4H3. The second kappa shape index (κ2) is 5.35. The number of aryl methyl sites for hydroxylation is 1. The van der Waals surface area contributed by atoms with Crippen LogP contribution in [0.25, 0.3) is 33.3 Å². The summed E-state index contributed by atoms with van der Waals surface area (Å²) in [4.78, 5) is 12.6. The number of hydrogen-bond donors (Lipinski definition) is 0. The van der Waals surface area contributed by atoms with Gasteiger partial charge < -0.3 is 8.83 Å². The molecule has 0 saturated heterocycles. The highest BCUT2D eigenvalue weighted by Crippen LogP contribution is 2.32. The molecule has 4 rings (SSSR count). The molecule has 3 nitrogen and oxygen atoms in total. The van der Waals surface area contributed by atoms with Crippen LogP contribution in [0.15, 0.2) is 62.4 Å². The van der Waals surface area contributed by atoms with Crippen LogP contribution in [-0.4, -0.2) is 0 Å². The Morgan fingerprint density at radius 2 is 1.68 bits per heavy atom. The molecule has 126 valence electrons. The zero-order valence-corrected chi connectivity index (χ0v) is 14.8. The monoisotopic (exact) mass is 332 g/mol. The van der Waals surface area contributed by atoms with Crippen LogP contribution in [0.4, 0.5) is 0 Å². The Morgan fingerprint density at radius 1 is 0.960 bits per heavy atom. The lowest BCUT2D eigenvalue weighted by molar-refractivity contribution is 0.589. The fourth-order valence-electron chi connectivity index (χ4n) is 3.16. The molecular formula is C22H20O3. The summed E-state index contributed by atoms with van der Waals surface area (Å²) in [6, 6.07) is 13.3. The number of rotatable bonds is 1. The van der Waals surface area contributed by atoms with E-state index in [0.29, 0.717) is 16.7 Å². The Labute approximate surface area is 145 Å². The third kappa shape index (κ3) is 2.56. The van der Waals surface area contributed by atoms with Crippen LogP contribution in [0.5, 0.6) is 0 Å².